The van der Waals surface area contributed by atoms with Crippen molar-refractivity contribution in [1.82, 2.24) is 24.5 Å². The molecule has 1 aromatic carbocycles. The van der Waals surface area contributed by atoms with E-state index in [0.29, 0.717) is 28.1 Å². The minimum Gasteiger partial charge on any atom is -0.487 e. The fourth-order valence-electron chi connectivity index (χ4n) is 4.16. The summed E-state index contributed by atoms with van der Waals surface area (Å²) in [6.45, 7) is 4.07. The second kappa shape index (κ2) is 9.32. The molecule has 1 atom stereocenters. The van der Waals surface area contributed by atoms with E-state index in [-0.39, 0.29) is 25.0 Å². The number of nitrogens with two attached hydrogens (primary N) is 1. The number of ether oxygens (including phenoxy) is 2. The maximum atomic E-state index is 14.4. The number of rotatable bonds is 7. The summed E-state index contributed by atoms with van der Waals surface area (Å²) in [4.78, 5) is 17.9. The molecule has 0 bridgehead atoms. The molecule has 0 spiro atoms. The summed E-state index contributed by atoms with van der Waals surface area (Å²) in [7, 11) is 0. The molecule has 2 N–H and O–H groups in total. The third-order valence-electron chi connectivity index (χ3n) is 5.80. The molecule has 5 rings (SSSR count). The van der Waals surface area contributed by atoms with E-state index in [4.69, 9.17) is 15.2 Å². The summed E-state index contributed by atoms with van der Waals surface area (Å²) >= 11 is 0. The SMILES string of the molecule is CC(=O)OCCOc1cc2nc(-c3nnc4ccc(CN5CCC(N)C5)cn34)ccc2cc1F. The van der Waals surface area contributed by atoms with Crippen LogP contribution in [0.3, 0.4) is 0 Å². The Hall–Kier alpha value is -3.63. The quantitative estimate of drug-likeness (QED) is 0.328. The summed E-state index contributed by atoms with van der Waals surface area (Å²) in [5.74, 6) is -0.286. The fourth-order valence-corrected chi connectivity index (χ4v) is 4.16. The van der Waals surface area contributed by atoms with Crippen LogP contribution in [0.2, 0.25) is 0 Å². The van der Waals surface area contributed by atoms with Gasteiger partial charge >= 0.3 is 5.97 Å². The van der Waals surface area contributed by atoms with Crippen LogP contribution in [0.25, 0.3) is 28.1 Å². The van der Waals surface area contributed by atoms with Gasteiger partial charge in [0.25, 0.3) is 0 Å². The largest absolute Gasteiger partial charge is 0.487 e. The predicted octanol–water partition coefficient (Wildman–Crippen LogP) is 2.56. The van der Waals surface area contributed by atoms with Gasteiger partial charge < -0.3 is 15.2 Å². The van der Waals surface area contributed by atoms with E-state index in [2.05, 4.69) is 20.1 Å². The maximum Gasteiger partial charge on any atom is 0.302 e. The van der Waals surface area contributed by atoms with Gasteiger partial charge in [-0.25, -0.2) is 9.37 Å². The fraction of sp³-hybridized carbons (Fsp3) is 0.333. The van der Waals surface area contributed by atoms with E-state index in [1.54, 1.807) is 12.1 Å². The van der Waals surface area contributed by atoms with Gasteiger partial charge in [0.2, 0.25) is 0 Å². The van der Waals surface area contributed by atoms with Gasteiger partial charge in [-0.3, -0.25) is 14.1 Å². The van der Waals surface area contributed by atoms with Gasteiger partial charge in [0, 0.05) is 50.2 Å². The monoisotopic (exact) mass is 464 g/mol. The number of fused-ring (bicyclic) bond motifs is 2. The molecule has 4 aromatic rings. The molecule has 1 saturated heterocycles. The standard InChI is InChI=1S/C24H25FN6O3/c1-15(32)33-8-9-34-22-11-21-17(10-19(22)25)3-4-20(27-21)24-29-28-23-5-2-16(13-31(23)24)12-30-7-6-18(26)14-30/h2-5,10-11,13,18H,6-9,12,14,26H2,1H3. The Balaban J connectivity index is 1.42. The Kier molecular flexibility index (Phi) is 6.08. The molecular formula is C24H25FN6O3. The first-order valence-corrected chi connectivity index (χ1v) is 11.1. The molecule has 0 saturated carbocycles. The van der Waals surface area contributed by atoms with Crippen molar-refractivity contribution >= 4 is 22.5 Å². The third kappa shape index (κ3) is 4.68. The number of likely N-dealkylation sites (tertiary alicyclic amines) is 1. The van der Waals surface area contributed by atoms with Gasteiger partial charge in [-0.05, 0) is 30.2 Å². The van der Waals surface area contributed by atoms with Crippen LogP contribution in [0.5, 0.6) is 5.75 Å². The molecule has 0 radical (unpaired) electrons. The van der Waals surface area contributed by atoms with E-state index in [0.717, 1.165) is 31.6 Å². The number of carbonyl (C=O) groups is 1. The van der Waals surface area contributed by atoms with Crippen LogP contribution in [0.15, 0.2) is 42.6 Å². The van der Waals surface area contributed by atoms with Crippen molar-refractivity contribution < 1.29 is 18.7 Å². The molecule has 9 nitrogen and oxygen atoms in total. The lowest BCUT2D eigenvalue weighted by molar-refractivity contribution is -0.141. The molecule has 176 valence electrons. The van der Waals surface area contributed by atoms with Crippen molar-refractivity contribution in [2.24, 2.45) is 5.73 Å². The Morgan fingerprint density at radius 1 is 1.21 bits per heavy atom. The van der Waals surface area contributed by atoms with Crippen molar-refractivity contribution in [3.05, 3.63) is 54.0 Å². The highest BCUT2D eigenvalue weighted by atomic mass is 19.1. The average Bonchev–Trinajstić information content (AvgIpc) is 3.42. The first-order chi connectivity index (χ1) is 16.5. The van der Waals surface area contributed by atoms with Crippen LogP contribution >= 0.6 is 0 Å². The van der Waals surface area contributed by atoms with Crippen LogP contribution < -0.4 is 10.5 Å². The van der Waals surface area contributed by atoms with Gasteiger partial charge in [0.15, 0.2) is 23.0 Å². The van der Waals surface area contributed by atoms with Gasteiger partial charge in [0.1, 0.15) is 18.9 Å². The van der Waals surface area contributed by atoms with E-state index < -0.39 is 11.8 Å². The summed E-state index contributed by atoms with van der Waals surface area (Å²) in [6, 6.07) is 10.7. The van der Waals surface area contributed by atoms with Gasteiger partial charge in [-0.15, -0.1) is 10.2 Å². The van der Waals surface area contributed by atoms with E-state index in [1.165, 1.54) is 19.1 Å². The number of carbonyl (C=O) groups excluding carboxylic acids is 1. The van der Waals surface area contributed by atoms with E-state index in [1.807, 2.05) is 22.7 Å². The Morgan fingerprint density at radius 3 is 2.88 bits per heavy atom. The predicted molar refractivity (Wildman–Crippen MR) is 124 cm³/mol. The van der Waals surface area contributed by atoms with Crippen LogP contribution in [-0.2, 0) is 16.1 Å². The molecule has 10 heteroatoms. The average molecular weight is 465 g/mol. The molecule has 1 aliphatic heterocycles. The minimum atomic E-state index is -0.510. The summed E-state index contributed by atoms with van der Waals surface area (Å²) in [5.41, 5.74) is 9.05. The molecule has 1 aliphatic rings. The first-order valence-electron chi connectivity index (χ1n) is 11.1. The topological polar surface area (TPSA) is 108 Å². The number of esters is 1. The molecular weight excluding hydrogens is 439 g/mol. The molecule has 0 aliphatic carbocycles. The second-order valence-corrected chi connectivity index (χ2v) is 8.43. The lowest BCUT2D eigenvalue weighted by Gasteiger charge is -2.15. The van der Waals surface area contributed by atoms with Gasteiger partial charge in [0.05, 0.1) is 5.52 Å². The zero-order valence-corrected chi connectivity index (χ0v) is 18.8. The van der Waals surface area contributed by atoms with Gasteiger partial charge in [-0.1, -0.05) is 12.1 Å². The minimum absolute atomic E-state index is 0.0394. The van der Waals surface area contributed by atoms with Gasteiger partial charge in [-0.2, -0.15) is 0 Å². The van der Waals surface area contributed by atoms with E-state index in [9.17, 15) is 9.18 Å². The van der Waals surface area contributed by atoms with Crippen LogP contribution in [0.1, 0.15) is 18.9 Å². The zero-order chi connectivity index (χ0) is 23.7. The first kappa shape index (κ1) is 22.2. The highest BCUT2D eigenvalue weighted by molar-refractivity contribution is 5.82. The summed E-state index contributed by atoms with van der Waals surface area (Å²) < 4.78 is 26.6. The number of hydrogen-bond donors (Lipinski definition) is 1. The molecule has 1 unspecified atom stereocenters. The smallest absolute Gasteiger partial charge is 0.302 e. The Morgan fingerprint density at radius 2 is 2.09 bits per heavy atom. The van der Waals surface area contributed by atoms with E-state index >= 15 is 0 Å². The number of aromatic nitrogens is 4. The number of nitrogens with zero attached hydrogens (tertiary/aromatic N) is 5. The molecule has 0 amide bonds. The van der Waals surface area contributed by atoms with Crippen LogP contribution in [0, 0.1) is 5.82 Å². The molecule has 34 heavy (non-hydrogen) atoms. The summed E-state index contributed by atoms with van der Waals surface area (Å²) in [5, 5.41) is 9.24. The Bertz CT molecular complexity index is 1360. The third-order valence-corrected chi connectivity index (χ3v) is 5.80. The van der Waals surface area contributed by atoms with Crippen molar-refractivity contribution in [3.63, 3.8) is 0 Å². The van der Waals surface area contributed by atoms with Crippen molar-refractivity contribution in [1.29, 1.82) is 0 Å². The number of hydrogen-bond acceptors (Lipinski definition) is 8. The lowest BCUT2D eigenvalue weighted by atomic mass is 10.2. The number of halogens is 1. The van der Waals surface area contributed by atoms with Crippen molar-refractivity contribution in [2.45, 2.75) is 25.9 Å². The number of benzene rings is 1. The number of pyridine rings is 2. The second-order valence-electron chi connectivity index (χ2n) is 8.43. The molecule has 4 heterocycles. The van der Waals surface area contributed by atoms with Crippen molar-refractivity contribution in [2.75, 3.05) is 26.3 Å². The van der Waals surface area contributed by atoms with Crippen LogP contribution in [-0.4, -0.2) is 62.8 Å². The zero-order valence-electron chi connectivity index (χ0n) is 18.8. The maximum absolute atomic E-state index is 14.4. The highest BCUT2D eigenvalue weighted by Crippen LogP contribution is 2.27. The summed E-state index contributed by atoms with van der Waals surface area (Å²) in [6.07, 6.45) is 3.03. The normalized spacial score (nSPS) is 16.4. The van der Waals surface area contributed by atoms with Crippen LogP contribution in [0.4, 0.5) is 4.39 Å². The lowest BCUT2D eigenvalue weighted by Crippen LogP contribution is -2.26. The Labute approximate surface area is 195 Å². The highest BCUT2D eigenvalue weighted by Gasteiger charge is 2.19. The molecule has 1 fully saturated rings. The molecule has 3 aromatic heterocycles. The van der Waals surface area contributed by atoms with Crippen molar-refractivity contribution in [3.8, 4) is 17.3 Å².